The van der Waals surface area contributed by atoms with E-state index in [0.717, 1.165) is 12.8 Å². The molecule has 0 spiro atoms. The maximum atomic E-state index is 9.46. The summed E-state index contributed by atoms with van der Waals surface area (Å²) in [7, 11) is 0. The molecule has 2 heteroatoms. The first-order valence-corrected chi connectivity index (χ1v) is 5.30. The number of phenolic OH excluding ortho intramolecular Hbond substituents is 1. The minimum atomic E-state index is 0.195. The molecule has 82 valence electrons. The maximum Gasteiger partial charge on any atom is 0.161 e. The van der Waals surface area contributed by atoms with Gasteiger partial charge in [-0.1, -0.05) is 31.6 Å². The van der Waals surface area contributed by atoms with E-state index in [4.69, 9.17) is 4.74 Å². The molecule has 0 aliphatic heterocycles. The fourth-order valence-electron chi connectivity index (χ4n) is 1.22. The minimum Gasteiger partial charge on any atom is -0.504 e. The molecule has 1 aromatic carbocycles. The number of rotatable bonds is 5. The van der Waals surface area contributed by atoms with Crippen LogP contribution in [0.1, 0.15) is 26.7 Å². The topological polar surface area (TPSA) is 29.5 Å². The molecule has 0 heterocycles. The number of para-hydroxylation sites is 2. The monoisotopic (exact) mass is 206 g/mol. The van der Waals surface area contributed by atoms with E-state index in [2.05, 4.69) is 13.0 Å². The zero-order valence-corrected chi connectivity index (χ0v) is 9.36. The standard InChI is InChI=1S/C13H18O2/c1-3-4-7-11(2)10-15-13-9-6-5-8-12(13)14/h5-9,14H,3-4,10H2,1-2H3/b11-7+. The highest BCUT2D eigenvalue weighted by molar-refractivity contribution is 5.38. The van der Waals surface area contributed by atoms with E-state index in [1.807, 2.05) is 13.0 Å². The fourth-order valence-corrected chi connectivity index (χ4v) is 1.22. The largest absolute Gasteiger partial charge is 0.504 e. The van der Waals surface area contributed by atoms with Gasteiger partial charge >= 0.3 is 0 Å². The molecule has 0 radical (unpaired) electrons. The Balaban J connectivity index is 2.47. The average molecular weight is 206 g/mol. The molecule has 0 bridgehead atoms. The SMILES string of the molecule is CCC/C=C(\C)COc1ccccc1O. The van der Waals surface area contributed by atoms with Gasteiger partial charge in [0.2, 0.25) is 0 Å². The Bertz CT molecular complexity index is 329. The number of hydrogen-bond acceptors (Lipinski definition) is 2. The molecule has 0 fully saturated rings. The van der Waals surface area contributed by atoms with E-state index in [9.17, 15) is 5.11 Å². The van der Waals surface area contributed by atoms with Gasteiger partial charge in [-0.3, -0.25) is 0 Å². The van der Waals surface area contributed by atoms with Crippen molar-refractivity contribution in [1.29, 1.82) is 0 Å². The Morgan fingerprint density at radius 1 is 1.40 bits per heavy atom. The summed E-state index contributed by atoms with van der Waals surface area (Å²) in [6.45, 7) is 4.72. The van der Waals surface area contributed by atoms with Gasteiger partial charge in [0.15, 0.2) is 11.5 Å². The van der Waals surface area contributed by atoms with Gasteiger partial charge in [0.25, 0.3) is 0 Å². The minimum absolute atomic E-state index is 0.195. The lowest BCUT2D eigenvalue weighted by atomic mass is 10.2. The lowest BCUT2D eigenvalue weighted by molar-refractivity contribution is 0.327. The highest BCUT2D eigenvalue weighted by Crippen LogP contribution is 2.24. The number of unbranched alkanes of at least 4 members (excludes halogenated alkanes) is 1. The van der Waals surface area contributed by atoms with E-state index in [-0.39, 0.29) is 5.75 Å². The summed E-state index contributed by atoms with van der Waals surface area (Å²) in [5, 5.41) is 9.46. The number of aromatic hydroxyl groups is 1. The summed E-state index contributed by atoms with van der Waals surface area (Å²) >= 11 is 0. The number of benzene rings is 1. The van der Waals surface area contributed by atoms with Gasteiger partial charge in [-0.05, 0) is 31.1 Å². The highest BCUT2D eigenvalue weighted by atomic mass is 16.5. The van der Waals surface area contributed by atoms with Gasteiger partial charge in [-0.15, -0.1) is 0 Å². The molecule has 0 saturated heterocycles. The van der Waals surface area contributed by atoms with E-state index in [1.54, 1.807) is 18.2 Å². The molecule has 0 saturated carbocycles. The summed E-state index contributed by atoms with van der Waals surface area (Å²) in [5.74, 6) is 0.738. The van der Waals surface area contributed by atoms with E-state index in [0.29, 0.717) is 12.4 Å². The molecule has 2 nitrogen and oxygen atoms in total. The summed E-state index contributed by atoms with van der Waals surface area (Å²) in [5.41, 5.74) is 1.19. The van der Waals surface area contributed by atoms with E-state index >= 15 is 0 Å². The van der Waals surface area contributed by atoms with Gasteiger partial charge in [-0.25, -0.2) is 0 Å². The van der Waals surface area contributed by atoms with Crippen LogP contribution in [0.4, 0.5) is 0 Å². The second-order valence-electron chi connectivity index (χ2n) is 3.60. The molecule has 0 amide bonds. The van der Waals surface area contributed by atoms with Crippen LogP contribution >= 0.6 is 0 Å². The van der Waals surface area contributed by atoms with Crippen molar-refractivity contribution in [2.45, 2.75) is 26.7 Å². The normalized spacial score (nSPS) is 11.5. The van der Waals surface area contributed by atoms with E-state index < -0.39 is 0 Å². The molecular formula is C13H18O2. The first-order chi connectivity index (χ1) is 7.24. The molecule has 0 aliphatic carbocycles. The molecule has 0 atom stereocenters. The molecule has 0 aliphatic rings. The highest BCUT2D eigenvalue weighted by Gasteiger charge is 1.99. The molecule has 1 N–H and O–H groups in total. The number of hydrogen-bond donors (Lipinski definition) is 1. The van der Waals surface area contributed by atoms with Gasteiger partial charge < -0.3 is 9.84 Å². The summed E-state index contributed by atoms with van der Waals surface area (Å²) < 4.78 is 5.48. The molecule has 0 aromatic heterocycles. The van der Waals surface area contributed by atoms with Crippen molar-refractivity contribution in [1.82, 2.24) is 0 Å². The smallest absolute Gasteiger partial charge is 0.161 e. The van der Waals surface area contributed by atoms with Crippen LogP contribution in [0.15, 0.2) is 35.9 Å². The maximum absolute atomic E-state index is 9.46. The van der Waals surface area contributed by atoms with Gasteiger partial charge in [0.05, 0.1) is 0 Å². The quantitative estimate of drug-likeness (QED) is 0.747. The van der Waals surface area contributed by atoms with E-state index in [1.165, 1.54) is 5.57 Å². The predicted molar refractivity (Wildman–Crippen MR) is 62.3 cm³/mol. The van der Waals surface area contributed by atoms with Crippen molar-refractivity contribution >= 4 is 0 Å². The zero-order valence-electron chi connectivity index (χ0n) is 9.36. The third-order valence-corrected chi connectivity index (χ3v) is 2.10. The predicted octanol–water partition coefficient (Wildman–Crippen LogP) is 3.52. The Labute approximate surface area is 91.2 Å². The number of ether oxygens (including phenoxy) is 1. The van der Waals surface area contributed by atoms with Crippen molar-refractivity contribution in [3.8, 4) is 11.5 Å². The van der Waals surface area contributed by atoms with Crippen LogP contribution < -0.4 is 4.74 Å². The second-order valence-corrected chi connectivity index (χ2v) is 3.60. The molecule has 1 aromatic rings. The van der Waals surface area contributed by atoms with Crippen molar-refractivity contribution in [3.05, 3.63) is 35.9 Å². The van der Waals surface area contributed by atoms with Crippen LogP contribution in [0.5, 0.6) is 11.5 Å². The van der Waals surface area contributed by atoms with Crippen LogP contribution in [-0.2, 0) is 0 Å². The molecular weight excluding hydrogens is 188 g/mol. The summed E-state index contributed by atoms with van der Waals surface area (Å²) in [6, 6.07) is 7.02. The van der Waals surface area contributed by atoms with Crippen LogP contribution in [0.2, 0.25) is 0 Å². The Morgan fingerprint density at radius 3 is 2.80 bits per heavy atom. The van der Waals surface area contributed by atoms with Crippen molar-refractivity contribution < 1.29 is 9.84 Å². The lowest BCUT2D eigenvalue weighted by Gasteiger charge is -2.07. The van der Waals surface area contributed by atoms with Gasteiger partial charge in [-0.2, -0.15) is 0 Å². The van der Waals surface area contributed by atoms with Crippen molar-refractivity contribution in [3.63, 3.8) is 0 Å². The second kappa shape index (κ2) is 6.12. The lowest BCUT2D eigenvalue weighted by Crippen LogP contribution is -1.98. The average Bonchev–Trinajstić information content (AvgIpc) is 2.25. The van der Waals surface area contributed by atoms with Crippen molar-refractivity contribution in [2.75, 3.05) is 6.61 Å². The zero-order chi connectivity index (χ0) is 11.1. The number of allylic oxidation sites excluding steroid dienone is 1. The van der Waals surface area contributed by atoms with Gasteiger partial charge in [0, 0.05) is 0 Å². The molecule has 0 unspecified atom stereocenters. The van der Waals surface area contributed by atoms with Crippen LogP contribution in [0.3, 0.4) is 0 Å². The van der Waals surface area contributed by atoms with Gasteiger partial charge in [0.1, 0.15) is 6.61 Å². The Hall–Kier alpha value is -1.44. The third-order valence-electron chi connectivity index (χ3n) is 2.10. The summed E-state index contributed by atoms with van der Waals surface area (Å²) in [4.78, 5) is 0. The third kappa shape index (κ3) is 4.07. The van der Waals surface area contributed by atoms with Crippen LogP contribution in [0.25, 0.3) is 0 Å². The fraction of sp³-hybridized carbons (Fsp3) is 0.385. The number of phenols is 1. The van der Waals surface area contributed by atoms with Crippen LogP contribution in [-0.4, -0.2) is 11.7 Å². The Kier molecular flexibility index (Phi) is 4.75. The first-order valence-electron chi connectivity index (χ1n) is 5.30. The first kappa shape index (κ1) is 11.6. The van der Waals surface area contributed by atoms with Crippen LogP contribution in [0, 0.1) is 0 Å². The summed E-state index contributed by atoms with van der Waals surface area (Å²) in [6.07, 6.45) is 4.39. The Morgan fingerprint density at radius 2 is 2.13 bits per heavy atom. The van der Waals surface area contributed by atoms with Crippen molar-refractivity contribution in [2.24, 2.45) is 0 Å². The molecule has 15 heavy (non-hydrogen) atoms. The molecule has 1 rings (SSSR count).